The molecule has 4 rings (SSSR count). The Morgan fingerprint density at radius 2 is 1.93 bits per heavy atom. The fourth-order valence-corrected chi connectivity index (χ4v) is 4.76. The summed E-state index contributed by atoms with van der Waals surface area (Å²) in [6, 6.07) is 9.17. The number of nitrogens with zero attached hydrogens (tertiary/aromatic N) is 2. The molecule has 0 spiro atoms. The number of ether oxygens (including phenoxy) is 1. The largest absolute Gasteiger partial charge is 0.496 e. The lowest BCUT2D eigenvalue weighted by atomic mass is 10.2. The number of rotatable bonds is 6. The second-order valence-corrected chi connectivity index (χ2v) is 8.17. The lowest BCUT2D eigenvalue weighted by molar-refractivity contribution is -0.122. The molecular formula is C21H23N3O4S. The average molecular weight is 413 g/mol. The summed E-state index contributed by atoms with van der Waals surface area (Å²) in [5.41, 5.74) is 0.390. The molecule has 0 aliphatic heterocycles. The molecule has 152 valence electrons. The van der Waals surface area contributed by atoms with Gasteiger partial charge in [-0.25, -0.2) is 4.79 Å². The highest BCUT2D eigenvalue weighted by atomic mass is 32.1. The van der Waals surface area contributed by atoms with Crippen molar-refractivity contribution in [2.24, 2.45) is 0 Å². The number of aromatic nitrogens is 2. The molecule has 1 aliphatic rings. The van der Waals surface area contributed by atoms with Crippen molar-refractivity contribution < 1.29 is 9.53 Å². The van der Waals surface area contributed by atoms with Crippen molar-refractivity contribution >= 4 is 27.5 Å². The first kappa shape index (κ1) is 19.4. The Kier molecular flexibility index (Phi) is 5.53. The van der Waals surface area contributed by atoms with Crippen molar-refractivity contribution in [2.75, 3.05) is 7.11 Å². The van der Waals surface area contributed by atoms with Gasteiger partial charge in [-0.2, -0.15) is 0 Å². The SMILES string of the molecule is COc1ccccc1Cn1c(=O)c2sccc2n(CC(=O)NC2CCCC2)c1=O. The fourth-order valence-electron chi connectivity index (χ4n) is 3.92. The quantitative estimate of drug-likeness (QED) is 0.673. The van der Waals surface area contributed by atoms with Crippen LogP contribution in [0.5, 0.6) is 5.75 Å². The first-order valence-electron chi connectivity index (χ1n) is 9.70. The van der Waals surface area contributed by atoms with Crippen LogP contribution in [0.25, 0.3) is 10.2 Å². The standard InChI is InChI=1S/C21H23N3O4S/c1-28-17-9-5-2-6-14(17)12-24-20(26)19-16(10-11-29-19)23(21(24)27)13-18(25)22-15-7-3-4-8-15/h2,5-6,9-11,15H,3-4,7-8,12-13H2,1H3,(H,22,25). The molecule has 8 heteroatoms. The molecule has 0 radical (unpaired) electrons. The highest BCUT2D eigenvalue weighted by Crippen LogP contribution is 2.20. The fraction of sp³-hybridized carbons (Fsp3) is 0.381. The van der Waals surface area contributed by atoms with Crippen LogP contribution in [0.2, 0.25) is 0 Å². The van der Waals surface area contributed by atoms with Crippen molar-refractivity contribution in [1.82, 2.24) is 14.5 Å². The Bertz CT molecular complexity index is 1150. The van der Waals surface area contributed by atoms with Gasteiger partial charge in [-0.1, -0.05) is 31.0 Å². The van der Waals surface area contributed by atoms with Crippen molar-refractivity contribution in [2.45, 2.75) is 44.8 Å². The molecule has 7 nitrogen and oxygen atoms in total. The summed E-state index contributed by atoms with van der Waals surface area (Å²) >= 11 is 1.28. The van der Waals surface area contributed by atoms with E-state index in [1.807, 2.05) is 18.2 Å². The number of para-hydroxylation sites is 1. The third kappa shape index (κ3) is 3.85. The number of nitrogens with one attached hydrogen (secondary N) is 1. The van der Waals surface area contributed by atoms with E-state index in [0.29, 0.717) is 16.0 Å². The summed E-state index contributed by atoms with van der Waals surface area (Å²) in [7, 11) is 1.55. The van der Waals surface area contributed by atoms with Crippen LogP contribution in [0.1, 0.15) is 31.2 Å². The summed E-state index contributed by atoms with van der Waals surface area (Å²) in [5.74, 6) is 0.407. The molecule has 0 atom stereocenters. The molecule has 1 amide bonds. The maximum atomic E-state index is 13.2. The van der Waals surface area contributed by atoms with E-state index in [0.717, 1.165) is 31.2 Å². The maximum absolute atomic E-state index is 13.2. The summed E-state index contributed by atoms with van der Waals surface area (Å²) < 4.78 is 8.39. The van der Waals surface area contributed by atoms with Gasteiger partial charge in [0.1, 0.15) is 17.0 Å². The van der Waals surface area contributed by atoms with Gasteiger partial charge in [-0.05, 0) is 30.4 Å². The Labute approximate surface area is 171 Å². The smallest absolute Gasteiger partial charge is 0.332 e. The number of carbonyl (C=O) groups excluding carboxylic acids is 1. The van der Waals surface area contributed by atoms with E-state index >= 15 is 0 Å². The van der Waals surface area contributed by atoms with Gasteiger partial charge in [0.05, 0.1) is 19.2 Å². The van der Waals surface area contributed by atoms with E-state index in [9.17, 15) is 14.4 Å². The van der Waals surface area contributed by atoms with Gasteiger partial charge in [-0.15, -0.1) is 11.3 Å². The zero-order chi connectivity index (χ0) is 20.4. The minimum Gasteiger partial charge on any atom is -0.496 e. The van der Waals surface area contributed by atoms with Gasteiger partial charge < -0.3 is 10.1 Å². The summed E-state index contributed by atoms with van der Waals surface area (Å²) in [5, 5.41) is 4.78. The third-order valence-electron chi connectivity index (χ3n) is 5.38. The van der Waals surface area contributed by atoms with Gasteiger partial charge in [0.15, 0.2) is 0 Å². The minimum absolute atomic E-state index is 0.0831. The first-order chi connectivity index (χ1) is 14.1. The predicted octanol–water partition coefficient (Wildman–Crippen LogP) is 2.34. The molecule has 0 bridgehead atoms. The van der Waals surface area contributed by atoms with E-state index in [1.165, 1.54) is 20.5 Å². The monoisotopic (exact) mass is 413 g/mol. The molecule has 2 aromatic heterocycles. The van der Waals surface area contributed by atoms with Crippen LogP contribution >= 0.6 is 11.3 Å². The van der Waals surface area contributed by atoms with E-state index in [2.05, 4.69) is 5.32 Å². The Balaban J connectivity index is 1.73. The average Bonchev–Trinajstić information content (AvgIpc) is 3.41. The van der Waals surface area contributed by atoms with E-state index in [1.54, 1.807) is 24.6 Å². The first-order valence-corrected chi connectivity index (χ1v) is 10.6. The van der Waals surface area contributed by atoms with Crippen LogP contribution < -0.4 is 21.3 Å². The van der Waals surface area contributed by atoms with E-state index in [4.69, 9.17) is 4.74 Å². The van der Waals surface area contributed by atoms with Gasteiger partial charge in [0.25, 0.3) is 5.56 Å². The topological polar surface area (TPSA) is 82.3 Å². The van der Waals surface area contributed by atoms with Crippen LogP contribution in [0.3, 0.4) is 0 Å². The van der Waals surface area contributed by atoms with Gasteiger partial charge >= 0.3 is 5.69 Å². The van der Waals surface area contributed by atoms with Gasteiger partial charge in [-0.3, -0.25) is 18.7 Å². The van der Waals surface area contributed by atoms with Crippen molar-refractivity contribution in [3.8, 4) is 5.75 Å². The van der Waals surface area contributed by atoms with E-state index in [-0.39, 0.29) is 30.6 Å². The normalized spacial score (nSPS) is 14.4. The lowest BCUT2D eigenvalue weighted by Crippen LogP contribution is -2.43. The highest BCUT2D eigenvalue weighted by Gasteiger charge is 2.20. The lowest BCUT2D eigenvalue weighted by Gasteiger charge is -2.15. The van der Waals surface area contributed by atoms with Crippen molar-refractivity contribution in [1.29, 1.82) is 0 Å². The number of hydrogen-bond donors (Lipinski definition) is 1. The number of carbonyl (C=O) groups is 1. The van der Waals surface area contributed by atoms with Crippen LogP contribution in [0.15, 0.2) is 45.3 Å². The predicted molar refractivity (Wildman–Crippen MR) is 113 cm³/mol. The van der Waals surface area contributed by atoms with E-state index < -0.39 is 5.69 Å². The molecule has 1 N–H and O–H groups in total. The van der Waals surface area contributed by atoms with Crippen LogP contribution in [0.4, 0.5) is 0 Å². The number of amides is 1. The molecule has 1 aromatic carbocycles. The minimum atomic E-state index is -0.492. The number of hydrogen-bond acceptors (Lipinski definition) is 5. The Morgan fingerprint density at radius 1 is 1.17 bits per heavy atom. The maximum Gasteiger partial charge on any atom is 0.332 e. The summed E-state index contributed by atoms with van der Waals surface area (Å²) in [6.45, 7) is -0.0193. The zero-order valence-corrected chi connectivity index (χ0v) is 17.0. The van der Waals surface area contributed by atoms with Crippen molar-refractivity contribution in [3.05, 3.63) is 62.1 Å². The number of benzene rings is 1. The Morgan fingerprint density at radius 3 is 2.69 bits per heavy atom. The molecular weight excluding hydrogens is 390 g/mol. The number of fused-ring (bicyclic) bond motifs is 1. The molecule has 2 heterocycles. The summed E-state index contributed by atoms with van der Waals surface area (Å²) in [4.78, 5) is 38.7. The second kappa shape index (κ2) is 8.24. The second-order valence-electron chi connectivity index (χ2n) is 7.26. The molecule has 1 saturated carbocycles. The zero-order valence-electron chi connectivity index (χ0n) is 16.2. The van der Waals surface area contributed by atoms with Crippen molar-refractivity contribution in [3.63, 3.8) is 0 Å². The van der Waals surface area contributed by atoms with Crippen LogP contribution in [0, 0.1) is 0 Å². The molecule has 1 fully saturated rings. The molecule has 3 aromatic rings. The number of thiophene rings is 1. The third-order valence-corrected chi connectivity index (χ3v) is 6.27. The molecule has 29 heavy (non-hydrogen) atoms. The molecule has 1 aliphatic carbocycles. The summed E-state index contributed by atoms with van der Waals surface area (Å²) in [6.07, 6.45) is 4.18. The van der Waals surface area contributed by atoms with Crippen LogP contribution in [-0.2, 0) is 17.9 Å². The molecule has 0 saturated heterocycles. The number of methoxy groups -OCH3 is 1. The van der Waals surface area contributed by atoms with Gasteiger partial charge in [0, 0.05) is 11.6 Å². The van der Waals surface area contributed by atoms with Crippen LogP contribution in [-0.4, -0.2) is 28.2 Å². The highest BCUT2D eigenvalue weighted by molar-refractivity contribution is 7.17. The van der Waals surface area contributed by atoms with Gasteiger partial charge in [0.2, 0.25) is 5.91 Å². The Hall–Kier alpha value is -2.87. The molecule has 0 unspecified atom stereocenters.